The van der Waals surface area contributed by atoms with Crippen LogP contribution in [0.25, 0.3) is 0 Å². The highest BCUT2D eigenvalue weighted by atomic mass is 19.4. The van der Waals surface area contributed by atoms with Crippen LogP contribution in [0, 0.1) is 5.82 Å². The molecule has 0 aliphatic heterocycles. The van der Waals surface area contributed by atoms with Crippen molar-refractivity contribution in [2.24, 2.45) is 0 Å². The summed E-state index contributed by atoms with van der Waals surface area (Å²) in [6.45, 7) is 0.0313. The van der Waals surface area contributed by atoms with Crippen molar-refractivity contribution in [1.82, 2.24) is 0 Å². The van der Waals surface area contributed by atoms with E-state index in [-0.39, 0.29) is 23.7 Å². The van der Waals surface area contributed by atoms with Crippen LogP contribution in [0.15, 0.2) is 42.5 Å². The molecule has 0 spiro atoms. The lowest BCUT2D eigenvalue weighted by molar-refractivity contribution is -0.274. The van der Waals surface area contributed by atoms with Crippen molar-refractivity contribution in [2.75, 3.05) is 5.32 Å². The molecule has 112 valence electrons. The molecule has 0 saturated carbocycles. The lowest BCUT2D eigenvalue weighted by atomic mass is 10.2. The quantitative estimate of drug-likeness (QED) is 0.837. The first kappa shape index (κ1) is 15.0. The molecule has 0 bridgehead atoms. The molecule has 2 N–H and O–H groups in total. The van der Waals surface area contributed by atoms with Gasteiger partial charge in [0.15, 0.2) is 5.75 Å². The van der Waals surface area contributed by atoms with Crippen LogP contribution in [0.5, 0.6) is 11.5 Å². The van der Waals surface area contributed by atoms with Crippen LogP contribution in [0.3, 0.4) is 0 Å². The summed E-state index contributed by atoms with van der Waals surface area (Å²) in [5.74, 6) is -1.27. The number of phenolic OH excluding ortho intramolecular Hbond substituents is 1. The van der Waals surface area contributed by atoms with Crippen molar-refractivity contribution in [3.8, 4) is 11.5 Å². The fourth-order valence-electron chi connectivity index (χ4n) is 1.76. The van der Waals surface area contributed by atoms with Gasteiger partial charge < -0.3 is 15.2 Å². The Kier molecular flexibility index (Phi) is 4.21. The van der Waals surface area contributed by atoms with E-state index in [9.17, 15) is 22.7 Å². The maximum Gasteiger partial charge on any atom is 0.573 e. The molecule has 0 aliphatic carbocycles. The first-order valence-corrected chi connectivity index (χ1v) is 5.90. The molecule has 0 radical (unpaired) electrons. The van der Waals surface area contributed by atoms with Gasteiger partial charge in [-0.2, -0.15) is 0 Å². The Bertz CT molecular complexity index is 608. The van der Waals surface area contributed by atoms with Gasteiger partial charge in [-0.05, 0) is 29.8 Å². The van der Waals surface area contributed by atoms with Crippen LogP contribution in [0.1, 0.15) is 5.56 Å². The molecular weight excluding hydrogens is 290 g/mol. The minimum absolute atomic E-state index is 0.0313. The van der Waals surface area contributed by atoms with E-state index < -0.39 is 12.2 Å². The predicted octanol–water partition coefficient (Wildman–Crippen LogP) is 4.04. The third-order valence-corrected chi connectivity index (χ3v) is 2.54. The Morgan fingerprint density at radius 1 is 1.10 bits per heavy atom. The summed E-state index contributed by atoms with van der Waals surface area (Å²) in [4.78, 5) is 0. The van der Waals surface area contributed by atoms with Crippen LogP contribution in [-0.4, -0.2) is 11.5 Å². The molecule has 7 heteroatoms. The Morgan fingerprint density at radius 2 is 1.81 bits per heavy atom. The third kappa shape index (κ3) is 4.55. The molecule has 0 heterocycles. The van der Waals surface area contributed by atoms with E-state index in [4.69, 9.17) is 0 Å². The molecule has 0 aliphatic rings. The van der Waals surface area contributed by atoms with E-state index in [0.717, 1.165) is 6.07 Å². The number of rotatable bonds is 4. The molecule has 0 fully saturated rings. The highest BCUT2D eigenvalue weighted by molar-refractivity contribution is 5.56. The van der Waals surface area contributed by atoms with Crippen molar-refractivity contribution in [3.63, 3.8) is 0 Å². The maximum atomic E-state index is 13.1. The summed E-state index contributed by atoms with van der Waals surface area (Å²) in [5, 5.41) is 12.0. The van der Waals surface area contributed by atoms with Crippen molar-refractivity contribution in [1.29, 1.82) is 0 Å². The lowest BCUT2D eigenvalue weighted by Gasteiger charge is -2.14. The van der Waals surface area contributed by atoms with Crippen LogP contribution in [0.4, 0.5) is 23.2 Å². The summed E-state index contributed by atoms with van der Waals surface area (Å²) >= 11 is 0. The second kappa shape index (κ2) is 5.90. The average molecular weight is 301 g/mol. The van der Waals surface area contributed by atoms with Gasteiger partial charge in [-0.1, -0.05) is 12.1 Å². The third-order valence-electron chi connectivity index (χ3n) is 2.54. The van der Waals surface area contributed by atoms with Gasteiger partial charge in [-0.3, -0.25) is 0 Å². The molecule has 2 aromatic carbocycles. The molecule has 0 aromatic heterocycles. The van der Waals surface area contributed by atoms with Crippen molar-refractivity contribution < 1.29 is 27.4 Å². The highest BCUT2D eigenvalue weighted by Gasteiger charge is 2.32. The van der Waals surface area contributed by atoms with Crippen LogP contribution in [0.2, 0.25) is 0 Å². The summed E-state index contributed by atoms with van der Waals surface area (Å²) in [5.41, 5.74) is 0.493. The van der Waals surface area contributed by atoms with E-state index in [0.29, 0.717) is 5.56 Å². The van der Waals surface area contributed by atoms with Crippen molar-refractivity contribution in [3.05, 3.63) is 53.8 Å². The maximum absolute atomic E-state index is 13.1. The topological polar surface area (TPSA) is 41.5 Å². The molecule has 0 unspecified atom stereocenters. The molecular formula is C14H11F4NO2. The fourth-order valence-corrected chi connectivity index (χ4v) is 1.76. The number of para-hydroxylation sites is 2. The van der Waals surface area contributed by atoms with Gasteiger partial charge in [-0.15, -0.1) is 13.2 Å². The summed E-state index contributed by atoms with van der Waals surface area (Å²) in [6.07, 6.45) is -4.80. The lowest BCUT2D eigenvalue weighted by Crippen LogP contribution is -2.18. The monoisotopic (exact) mass is 301 g/mol. The number of alkyl halides is 3. The number of ether oxygens (including phenoxy) is 1. The van der Waals surface area contributed by atoms with Crippen molar-refractivity contribution in [2.45, 2.75) is 12.9 Å². The Morgan fingerprint density at radius 3 is 2.48 bits per heavy atom. The first-order valence-electron chi connectivity index (χ1n) is 5.90. The summed E-state index contributed by atoms with van der Waals surface area (Å²) < 4.78 is 53.8. The zero-order valence-electron chi connectivity index (χ0n) is 10.6. The van der Waals surface area contributed by atoms with Crippen LogP contribution < -0.4 is 10.1 Å². The van der Waals surface area contributed by atoms with Gasteiger partial charge in [0.05, 0.1) is 5.69 Å². The van der Waals surface area contributed by atoms with E-state index >= 15 is 0 Å². The molecule has 0 atom stereocenters. The largest absolute Gasteiger partial charge is 0.573 e. The van der Waals surface area contributed by atoms with E-state index in [1.54, 1.807) is 0 Å². The van der Waals surface area contributed by atoms with E-state index in [2.05, 4.69) is 10.1 Å². The van der Waals surface area contributed by atoms with E-state index in [1.807, 2.05) is 0 Å². The van der Waals surface area contributed by atoms with Gasteiger partial charge in [0.2, 0.25) is 0 Å². The number of nitrogens with one attached hydrogen (secondary N) is 1. The number of halogens is 4. The number of anilines is 1. The molecule has 3 nitrogen and oxygen atoms in total. The van der Waals surface area contributed by atoms with Gasteiger partial charge >= 0.3 is 6.36 Å². The average Bonchev–Trinajstić information content (AvgIpc) is 2.35. The second-order valence-electron chi connectivity index (χ2n) is 4.22. The Labute approximate surface area is 117 Å². The highest BCUT2D eigenvalue weighted by Crippen LogP contribution is 2.30. The van der Waals surface area contributed by atoms with E-state index in [1.165, 1.54) is 36.4 Å². The fraction of sp³-hybridized carbons (Fsp3) is 0.143. The second-order valence-corrected chi connectivity index (χ2v) is 4.22. The van der Waals surface area contributed by atoms with Gasteiger partial charge in [0.1, 0.15) is 11.6 Å². The number of phenols is 1. The first-order chi connectivity index (χ1) is 9.83. The summed E-state index contributed by atoms with van der Waals surface area (Å²) in [7, 11) is 0. The van der Waals surface area contributed by atoms with Gasteiger partial charge in [0, 0.05) is 12.6 Å². The zero-order chi connectivity index (χ0) is 15.5. The number of aromatic hydroxyl groups is 1. The smallest absolute Gasteiger partial charge is 0.508 e. The Hall–Kier alpha value is -2.44. The number of hydrogen-bond donors (Lipinski definition) is 2. The molecule has 0 saturated heterocycles. The SMILES string of the molecule is Oc1cc(F)cc(CNc2ccccc2OC(F)(F)F)c1. The predicted molar refractivity (Wildman–Crippen MR) is 68.5 cm³/mol. The normalized spacial score (nSPS) is 11.2. The van der Waals surface area contributed by atoms with Gasteiger partial charge in [-0.25, -0.2) is 4.39 Å². The Balaban J connectivity index is 2.13. The van der Waals surface area contributed by atoms with Gasteiger partial charge in [0.25, 0.3) is 0 Å². The minimum atomic E-state index is -4.80. The summed E-state index contributed by atoms with van der Waals surface area (Å²) in [6, 6.07) is 8.92. The molecule has 0 amide bonds. The van der Waals surface area contributed by atoms with Crippen LogP contribution in [-0.2, 0) is 6.54 Å². The molecule has 2 rings (SSSR count). The standard InChI is InChI=1S/C14H11F4NO2/c15-10-5-9(6-11(20)7-10)8-19-12-3-1-2-4-13(12)21-14(16,17)18/h1-7,19-20H,8H2. The minimum Gasteiger partial charge on any atom is -0.508 e. The van der Waals surface area contributed by atoms with Crippen LogP contribution >= 0.6 is 0 Å². The number of hydrogen-bond acceptors (Lipinski definition) is 3. The number of benzene rings is 2. The molecule has 21 heavy (non-hydrogen) atoms. The zero-order valence-corrected chi connectivity index (χ0v) is 10.6. The molecule has 2 aromatic rings. The van der Waals surface area contributed by atoms with Crippen molar-refractivity contribution >= 4 is 5.69 Å².